The van der Waals surface area contributed by atoms with Crippen molar-refractivity contribution in [3.05, 3.63) is 0 Å². The highest BCUT2D eigenvalue weighted by molar-refractivity contribution is 5.77. The molecule has 1 unspecified atom stereocenters. The van der Waals surface area contributed by atoms with Crippen LogP contribution in [-0.4, -0.2) is 18.0 Å². The van der Waals surface area contributed by atoms with E-state index in [2.05, 4.69) is 12.2 Å². The molecule has 14 heavy (non-hydrogen) atoms. The third-order valence-corrected chi connectivity index (χ3v) is 3.39. The molecule has 0 aromatic carbocycles. The highest BCUT2D eigenvalue weighted by Gasteiger charge is 2.31. The molecular weight excluding hydrogens is 176 g/mol. The van der Waals surface area contributed by atoms with E-state index in [9.17, 15) is 4.79 Å². The van der Waals surface area contributed by atoms with E-state index in [1.54, 1.807) is 0 Å². The lowest BCUT2D eigenvalue weighted by atomic mass is 9.82. The van der Waals surface area contributed by atoms with Gasteiger partial charge in [-0.05, 0) is 37.5 Å². The quantitative estimate of drug-likeness (QED) is 0.705. The van der Waals surface area contributed by atoms with Crippen molar-refractivity contribution in [2.75, 3.05) is 0 Å². The SMILES string of the molecule is CC1CC(NC(=O)CC(N)C2CC2)C1. The van der Waals surface area contributed by atoms with Gasteiger partial charge in [0.25, 0.3) is 0 Å². The van der Waals surface area contributed by atoms with Gasteiger partial charge in [-0.25, -0.2) is 0 Å². The topological polar surface area (TPSA) is 55.1 Å². The van der Waals surface area contributed by atoms with Crippen LogP contribution in [0.4, 0.5) is 0 Å². The van der Waals surface area contributed by atoms with Crippen molar-refractivity contribution < 1.29 is 4.79 Å². The third-order valence-electron chi connectivity index (χ3n) is 3.39. The van der Waals surface area contributed by atoms with Gasteiger partial charge in [-0.15, -0.1) is 0 Å². The van der Waals surface area contributed by atoms with Crippen LogP contribution in [0.15, 0.2) is 0 Å². The summed E-state index contributed by atoms with van der Waals surface area (Å²) in [4.78, 5) is 11.5. The molecule has 2 rings (SSSR count). The fraction of sp³-hybridized carbons (Fsp3) is 0.909. The Hall–Kier alpha value is -0.570. The number of carbonyl (C=O) groups is 1. The van der Waals surface area contributed by atoms with Crippen molar-refractivity contribution in [2.45, 2.75) is 51.1 Å². The molecule has 1 amide bonds. The molecule has 3 nitrogen and oxygen atoms in total. The molecule has 0 aromatic rings. The molecule has 1 atom stereocenters. The first-order valence-electron chi connectivity index (χ1n) is 5.70. The predicted octanol–water partition coefficient (Wildman–Crippen LogP) is 1.03. The molecule has 80 valence electrons. The Balaban J connectivity index is 1.63. The molecule has 3 N–H and O–H groups in total. The Morgan fingerprint density at radius 3 is 2.64 bits per heavy atom. The summed E-state index contributed by atoms with van der Waals surface area (Å²) < 4.78 is 0. The second-order valence-corrected chi connectivity index (χ2v) is 5.05. The number of rotatable bonds is 4. The number of nitrogens with two attached hydrogens (primary N) is 1. The van der Waals surface area contributed by atoms with E-state index in [1.807, 2.05) is 0 Å². The molecule has 2 fully saturated rings. The molecule has 0 spiro atoms. The Labute approximate surface area is 85.4 Å². The van der Waals surface area contributed by atoms with Crippen LogP contribution >= 0.6 is 0 Å². The molecule has 0 aliphatic heterocycles. The maximum Gasteiger partial charge on any atom is 0.221 e. The standard InChI is InChI=1S/C11H20N2O/c1-7-4-9(5-7)13-11(14)6-10(12)8-2-3-8/h7-10H,2-6,12H2,1H3,(H,13,14). The zero-order valence-corrected chi connectivity index (χ0v) is 8.83. The van der Waals surface area contributed by atoms with E-state index >= 15 is 0 Å². The van der Waals surface area contributed by atoms with E-state index < -0.39 is 0 Å². The summed E-state index contributed by atoms with van der Waals surface area (Å²) in [7, 11) is 0. The molecular formula is C11H20N2O. The van der Waals surface area contributed by atoms with Gasteiger partial charge in [0.2, 0.25) is 5.91 Å². The van der Waals surface area contributed by atoms with Gasteiger partial charge in [0.15, 0.2) is 0 Å². The minimum absolute atomic E-state index is 0.104. The number of hydrogen-bond acceptors (Lipinski definition) is 2. The number of amides is 1. The van der Waals surface area contributed by atoms with Gasteiger partial charge in [0.05, 0.1) is 0 Å². The van der Waals surface area contributed by atoms with Crippen LogP contribution in [0, 0.1) is 11.8 Å². The first-order chi connectivity index (χ1) is 6.65. The summed E-state index contributed by atoms with van der Waals surface area (Å²) in [6.45, 7) is 2.22. The molecule has 0 bridgehead atoms. The summed E-state index contributed by atoms with van der Waals surface area (Å²) >= 11 is 0. The van der Waals surface area contributed by atoms with Crippen molar-refractivity contribution in [3.63, 3.8) is 0 Å². The average Bonchev–Trinajstić information content (AvgIpc) is 2.82. The summed E-state index contributed by atoms with van der Waals surface area (Å²) in [5.41, 5.74) is 5.88. The lowest BCUT2D eigenvalue weighted by Crippen LogP contribution is -2.45. The monoisotopic (exact) mass is 196 g/mol. The Kier molecular flexibility index (Phi) is 2.77. The summed E-state index contributed by atoms with van der Waals surface area (Å²) in [5.74, 6) is 1.57. The Bertz CT molecular complexity index is 219. The predicted molar refractivity (Wildman–Crippen MR) is 55.6 cm³/mol. The van der Waals surface area contributed by atoms with Crippen LogP contribution in [-0.2, 0) is 4.79 Å². The van der Waals surface area contributed by atoms with Gasteiger partial charge < -0.3 is 11.1 Å². The Morgan fingerprint density at radius 2 is 2.14 bits per heavy atom. The summed E-state index contributed by atoms with van der Waals surface area (Å²) in [6.07, 6.45) is 5.24. The largest absolute Gasteiger partial charge is 0.353 e. The third kappa shape index (κ3) is 2.47. The van der Waals surface area contributed by atoms with E-state index in [4.69, 9.17) is 5.73 Å². The van der Waals surface area contributed by atoms with Crippen LogP contribution < -0.4 is 11.1 Å². The molecule has 0 saturated heterocycles. The zero-order valence-electron chi connectivity index (χ0n) is 8.83. The van der Waals surface area contributed by atoms with Gasteiger partial charge in [-0.3, -0.25) is 4.79 Å². The van der Waals surface area contributed by atoms with Crippen molar-refractivity contribution >= 4 is 5.91 Å². The lowest BCUT2D eigenvalue weighted by molar-refractivity contribution is -0.123. The highest BCUT2D eigenvalue weighted by Crippen LogP contribution is 2.33. The highest BCUT2D eigenvalue weighted by atomic mass is 16.1. The lowest BCUT2D eigenvalue weighted by Gasteiger charge is -2.33. The van der Waals surface area contributed by atoms with E-state index in [-0.39, 0.29) is 11.9 Å². The number of carbonyl (C=O) groups excluding carboxylic acids is 1. The first kappa shape index (κ1) is 9.97. The second kappa shape index (κ2) is 3.89. The summed E-state index contributed by atoms with van der Waals surface area (Å²) in [6, 6.07) is 0.538. The van der Waals surface area contributed by atoms with Crippen molar-refractivity contribution in [1.82, 2.24) is 5.32 Å². The average molecular weight is 196 g/mol. The van der Waals surface area contributed by atoms with Crippen LogP contribution in [0.5, 0.6) is 0 Å². The van der Waals surface area contributed by atoms with Crippen molar-refractivity contribution in [3.8, 4) is 0 Å². The zero-order chi connectivity index (χ0) is 10.1. The number of hydrogen-bond donors (Lipinski definition) is 2. The van der Waals surface area contributed by atoms with Gasteiger partial charge in [0.1, 0.15) is 0 Å². The van der Waals surface area contributed by atoms with Crippen LogP contribution in [0.2, 0.25) is 0 Å². The van der Waals surface area contributed by atoms with Crippen LogP contribution in [0.1, 0.15) is 39.0 Å². The Morgan fingerprint density at radius 1 is 1.50 bits per heavy atom. The molecule has 3 heteroatoms. The van der Waals surface area contributed by atoms with Crippen molar-refractivity contribution in [2.24, 2.45) is 17.6 Å². The molecule has 0 heterocycles. The molecule has 2 aliphatic rings. The van der Waals surface area contributed by atoms with E-state index in [0.29, 0.717) is 18.4 Å². The van der Waals surface area contributed by atoms with Gasteiger partial charge in [-0.1, -0.05) is 6.92 Å². The maximum atomic E-state index is 11.5. The molecule has 2 aliphatic carbocycles. The maximum absolute atomic E-state index is 11.5. The van der Waals surface area contributed by atoms with Gasteiger partial charge >= 0.3 is 0 Å². The minimum atomic E-state index is 0.104. The first-order valence-corrected chi connectivity index (χ1v) is 5.70. The van der Waals surface area contributed by atoms with Crippen LogP contribution in [0.25, 0.3) is 0 Å². The smallest absolute Gasteiger partial charge is 0.221 e. The fourth-order valence-corrected chi connectivity index (χ4v) is 2.21. The van der Waals surface area contributed by atoms with Gasteiger partial charge in [0, 0.05) is 18.5 Å². The van der Waals surface area contributed by atoms with Crippen molar-refractivity contribution in [1.29, 1.82) is 0 Å². The fourth-order valence-electron chi connectivity index (χ4n) is 2.21. The van der Waals surface area contributed by atoms with E-state index in [0.717, 1.165) is 18.8 Å². The number of nitrogens with one attached hydrogen (secondary N) is 1. The van der Waals surface area contributed by atoms with Crippen LogP contribution in [0.3, 0.4) is 0 Å². The molecule has 2 saturated carbocycles. The van der Waals surface area contributed by atoms with Gasteiger partial charge in [-0.2, -0.15) is 0 Å². The minimum Gasteiger partial charge on any atom is -0.353 e. The normalized spacial score (nSPS) is 33.3. The molecule has 0 radical (unpaired) electrons. The second-order valence-electron chi connectivity index (χ2n) is 5.05. The molecule has 0 aromatic heterocycles. The van der Waals surface area contributed by atoms with E-state index in [1.165, 1.54) is 12.8 Å². The summed E-state index contributed by atoms with van der Waals surface area (Å²) in [5, 5.41) is 3.04.